The fourth-order valence-corrected chi connectivity index (χ4v) is 6.10. The first-order valence-electron chi connectivity index (χ1n) is 11.4. The van der Waals surface area contributed by atoms with Crippen LogP contribution in [0.5, 0.6) is 0 Å². The van der Waals surface area contributed by atoms with E-state index in [0.717, 1.165) is 40.9 Å². The third kappa shape index (κ3) is 4.11. The highest BCUT2D eigenvalue weighted by molar-refractivity contribution is 8.00. The van der Waals surface area contributed by atoms with Crippen LogP contribution in [0.2, 0.25) is 0 Å². The zero-order chi connectivity index (χ0) is 25.2. The van der Waals surface area contributed by atoms with Crippen LogP contribution in [0.4, 0.5) is 17.2 Å². The van der Waals surface area contributed by atoms with E-state index in [1.54, 1.807) is 4.90 Å². The van der Waals surface area contributed by atoms with Crippen LogP contribution in [-0.4, -0.2) is 16.1 Å². The number of nitrogens with zero attached hydrogens (tertiary/aromatic N) is 4. The molecule has 0 spiro atoms. The normalized spacial score (nSPS) is 13.0. The third-order valence-corrected chi connectivity index (χ3v) is 7.97. The minimum atomic E-state index is -0.577. The molecule has 4 aromatic rings. The van der Waals surface area contributed by atoms with Gasteiger partial charge in [-0.1, -0.05) is 48.2 Å². The standard InChI is InChI=1S/C28H21N5OS2/c1-17(36-27-22(15-30)25(20-12-13-35-16-20)21(14-29)26(31)32-27)28(34)33-23-8-4-2-6-18(23)10-11-19-7-3-5-9-24(19)33/h2-9,12-13,16-17H,10-11H2,1H3,(H2,31,32). The van der Waals surface area contributed by atoms with Crippen LogP contribution in [0.1, 0.15) is 29.2 Å². The smallest absolute Gasteiger partial charge is 0.244 e. The van der Waals surface area contributed by atoms with Crippen LogP contribution in [0.3, 0.4) is 0 Å². The maximum absolute atomic E-state index is 14.0. The van der Waals surface area contributed by atoms with Gasteiger partial charge in [0.1, 0.15) is 28.5 Å². The molecule has 1 aliphatic heterocycles. The molecule has 1 unspecified atom stereocenters. The molecule has 2 aromatic carbocycles. The number of rotatable bonds is 4. The van der Waals surface area contributed by atoms with Crippen LogP contribution in [-0.2, 0) is 17.6 Å². The predicted molar refractivity (Wildman–Crippen MR) is 144 cm³/mol. The Hall–Kier alpha value is -4.11. The summed E-state index contributed by atoms with van der Waals surface area (Å²) in [5, 5.41) is 23.3. The zero-order valence-electron chi connectivity index (χ0n) is 19.4. The van der Waals surface area contributed by atoms with Crippen molar-refractivity contribution in [3.8, 4) is 23.3 Å². The number of carbonyl (C=O) groups excluding carboxylic acids is 1. The number of aromatic nitrogens is 1. The van der Waals surface area contributed by atoms with E-state index in [2.05, 4.69) is 29.3 Å². The number of thiophene rings is 1. The molecular formula is C28H21N5OS2. The van der Waals surface area contributed by atoms with Crippen LogP contribution >= 0.6 is 23.1 Å². The first-order chi connectivity index (χ1) is 17.5. The van der Waals surface area contributed by atoms with Gasteiger partial charge in [0.25, 0.3) is 0 Å². The second-order valence-corrected chi connectivity index (χ2v) is 10.5. The molecule has 0 aliphatic carbocycles. The van der Waals surface area contributed by atoms with Crippen LogP contribution in [0.15, 0.2) is 70.4 Å². The van der Waals surface area contributed by atoms with E-state index in [-0.39, 0.29) is 22.9 Å². The summed E-state index contributed by atoms with van der Waals surface area (Å²) in [7, 11) is 0. The van der Waals surface area contributed by atoms with Gasteiger partial charge in [-0.15, -0.1) is 0 Å². The molecule has 1 aliphatic rings. The van der Waals surface area contributed by atoms with Gasteiger partial charge in [0.2, 0.25) is 5.91 Å². The first kappa shape index (κ1) is 23.6. The summed E-state index contributed by atoms with van der Waals surface area (Å²) >= 11 is 2.65. The minimum absolute atomic E-state index is 0.0466. The Morgan fingerprint density at radius 1 is 1.03 bits per heavy atom. The molecule has 2 aromatic heterocycles. The Labute approximate surface area is 217 Å². The van der Waals surface area contributed by atoms with Crippen molar-refractivity contribution < 1.29 is 4.79 Å². The highest BCUT2D eigenvalue weighted by Gasteiger charge is 2.31. The van der Waals surface area contributed by atoms with Crippen LogP contribution in [0, 0.1) is 22.7 Å². The number of thioether (sulfide) groups is 1. The zero-order valence-corrected chi connectivity index (χ0v) is 21.1. The molecule has 0 saturated heterocycles. The predicted octanol–water partition coefficient (Wildman–Crippen LogP) is 6.08. The average Bonchev–Trinajstić information content (AvgIpc) is 3.37. The summed E-state index contributed by atoms with van der Waals surface area (Å²) in [5.41, 5.74) is 11.7. The van der Waals surface area contributed by atoms with Crippen molar-refractivity contribution in [3.63, 3.8) is 0 Å². The van der Waals surface area contributed by atoms with Crippen molar-refractivity contribution in [1.82, 2.24) is 4.98 Å². The number of pyridine rings is 1. The Balaban J connectivity index is 1.57. The number of hydrogen-bond acceptors (Lipinski definition) is 7. The summed E-state index contributed by atoms with van der Waals surface area (Å²) in [6, 6.07) is 22.1. The van der Waals surface area contributed by atoms with E-state index in [1.165, 1.54) is 23.1 Å². The number of amides is 1. The van der Waals surface area contributed by atoms with E-state index in [1.807, 2.05) is 60.1 Å². The highest BCUT2D eigenvalue weighted by atomic mass is 32.2. The SMILES string of the molecule is CC(Sc1nc(N)c(C#N)c(-c2ccsc2)c1C#N)C(=O)N1c2ccccc2CCc2ccccc21. The molecule has 8 heteroatoms. The van der Waals surface area contributed by atoms with Gasteiger partial charge in [0.05, 0.1) is 22.2 Å². The Kier molecular flexibility index (Phi) is 6.47. The van der Waals surface area contributed by atoms with Gasteiger partial charge in [-0.05, 0) is 65.4 Å². The lowest BCUT2D eigenvalue weighted by Gasteiger charge is -2.27. The number of carbonyl (C=O) groups is 1. The van der Waals surface area contributed by atoms with Crippen LogP contribution < -0.4 is 10.6 Å². The number of anilines is 3. The van der Waals surface area contributed by atoms with Gasteiger partial charge in [-0.2, -0.15) is 21.9 Å². The summed E-state index contributed by atoms with van der Waals surface area (Å²) in [5.74, 6) is -0.0715. The van der Waals surface area contributed by atoms with E-state index in [0.29, 0.717) is 10.6 Å². The summed E-state index contributed by atoms with van der Waals surface area (Å²) in [6.07, 6.45) is 1.68. The number of aryl methyl sites for hydroxylation is 2. The second kappa shape index (κ2) is 9.87. The second-order valence-electron chi connectivity index (χ2n) is 8.35. The number of nitrogens with two attached hydrogens (primary N) is 1. The van der Waals surface area contributed by atoms with Gasteiger partial charge in [-0.3, -0.25) is 9.69 Å². The monoisotopic (exact) mass is 507 g/mol. The fraction of sp³-hybridized carbons (Fsp3) is 0.143. The van der Waals surface area contributed by atoms with E-state index < -0.39 is 5.25 Å². The lowest BCUT2D eigenvalue weighted by molar-refractivity contribution is -0.117. The molecule has 36 heavy (non-hydrogen) atoms. The number of para-hydroxylation sites is 2. The molecule has 1 atom stereocenters. The Morgan fingerprint density at radius 2 is 1.64 bits per heavy atom. The van der Waals surface area contributed by atoms with Gasteiger partial charge >= 0.3 is 0 Å². The van der Waals surface area contributed by atoms with Crippen molar-refractivity contribution in [2.75, 3.05) is 10.6 Å². The van der Waals surface area contributed by atoms with Crippen molar-refractivity contribution in [2.45, 2.75) is 30.0 Å². The van der Waals surface area contributed by atoms with Crippen LogP contribution in [0.25, 0.3) is 11.1 Å². The number of nitrogen functional groups attached to an aromatic ring is 1. The average molecular weight is 508 g/mol. The lowest BCUT2D eigenvalue weighted by Crippen LogP contribution is -2.33. The number of fused-ring (bicyclic) bond motifs is 2. The number of hydrogen-bond donors (Lipinski definition) is 1. The Morgan fingerprint density at radius 3 is 2.19 bits per heavy atom. The quantitative estimate of drug-likeness (QED) is 0.336. The largest absolute Gasteiger partial charge is 0.383 e. The van der Waals surface area contributed by atoms with Gasteiger partial charge in [0, 0.05) is 5.56 Å². The topological polar surface area (TPSA) is 107 Å². The molecule has 176 valence electrons. The van der Waals surface area contributed by atoms with Crippen molar-refractivity contribution >= 4 is 46.2 Å². The molecule has 0 fully saturated rings. The summed E-state index contributed by atoms with van der Waals surface area (Å²) < 4.78 is 0. The molecule has 1 amide bonds. The molecular weight excluding hydrogens is 486 g/mol. The molecule has 3 heterocycles. The first-order valence-corrected chi connectivity index (χ1v) is 13.2. The Bertz CT molecular complexity index is 1500. The van der Waals surface area contributed by atoms with Crippen molar-refractivity contribution in [2.24, 2.45) is 0 Å². The third-order valence-electron chi connectivity index (χ3n) is 6.21. The molecule has 0 bridgehead atoms. The van der Waals surface area contributed by atoms with Gasteiger partial charge in [0.15, 0.2) is 0 Å². The summed E-state index contributed by atoms with van der Waals surface area (Å²) in [4.78, 5) is 20.2. The van der Waals surface area contributed by atoms with Gasteiger partial charge in [-0.25, -0.2) is 4.98 Å². The summed E-state index contributed by atoms with van der Waals surface area (Å²) in [6.45, 7) is 1.81. The van der Waals surface area contributed by atoms with E-state index >= 15 is 0 Å². The fourth-order valence-electron chi connectivity index (χ4n) is 4.50. The highest BCUT2D eigenvalue weighted by Crippen LogP contribution is 2.41. The van der Waals surface area contributed by atoms with Crippen molar-refractivity contribution in [3.05, 3.63) is 87.6 Å². The van der Waals surface area contributed by atoms with E-state index in [9.17, 15) is 15.3 Å². The molecule has 2 N–H and O–H groups in total. The molecule has 5 rings (SSSR count). The molecule has 0 radical (unpaired) electrons. The molecule has 0 saturated carbocycles. The minimum Gasteiger partial charge on any atom is -0.383 e. The maximum atomic E-state index is 14.0. The van der Waals surface area contributed by atoms with E-state index in [4.69, 9.17) is 5.73 Å². The maximum Gasteiger partial charge on any atom is 0.244 e. The van der Waals surface area contributed by atoms with Crippen molar-refractivity contribution in [1.29, 1.82) is 10.5 Å². The van der Waals surface area contributed by atoms with Gasteiger partial charge < -0.3 is 5.73 Å². The lowest BCUT2D eigenvalue weighted by atomic mass is 9.99. The molecule has 6 nitrogen and oxygen atoms in total. The number of nitriles is 2. The number of benzene rings is 2.